The topological polar surface area (TPSA) is 37.4 Å². The third kappa shape index (κ3) is 2.21. The third-order valence-corrected chi connectivity index (χ3v) is 2.96. The third-order valence-electron chi connectivity index (χ3n) is 2.52. The highest BCUT2D eigenvalue weighted by Gasteiger charge is 2.34. The Hall–Kier alpha value is -1.32. The van der Waals surface area contributed by atoms with Gasteiger partial charge in [-0.05, 0) is 25.1 Å². The first-order valence-corrected chi connectivity index (χ1v) is 5.77. The maximum Gasteiger partial charge on any atom is 0.261 e. The highest BCUT2D eigenvalue weighted by molar-refractivity contribution is 6.36. The predicted octanol–water partition coefficient (Wildman–Crippen LogP) is 3.20. The Kier molecular flexibility index (Phi) is 3.22. The molecule has 0 aliphatic carbocycles. The highest BCUT2D eigenvalue weighted by atomic mass is 35.5. The van der Waals surface area contributed by atoms with Crippen LogP contribution in [0.5, 0.6) is 0 Å². The number of nitrogens with zero attached hydrogens (tertiary/aromatic N) is 1. The lowest BCUT2D eigenvalue weighted by Crippen LogP contribution is -2.28. The molecule has 1 aromatic carbocycles. The maximum atomic E-state index is 11.9. The van der Waals surface area contributed by atoms with Crippen LogP contribution in [0.4, 0.5) is 5.69 Å². The summed E-state index contributed by atoms with van der Waals surface area (Å²) in [5.74, 6) is -0.572. The zero-order valence-corrected chi connectivity index (χ0v) is 10.5. The van der Waals surface area contributed by atoms with Crippen LogP contribution in [0.2, 0.25) is 10.0 Å². The van der Waals surface area contributed by atoms with Crippen LogP contribution in [0.3, 0.4) is 0 Å². The molecule has 1 aliphatic rings. The molecule has 5 heteroatoms. The van der Waals surface area contributed by atoms with E-state index in [1.807, 2.05) is 0 Å². The van der Waals surface area contributed by atoms with Gasteiger partial charge in [0.1, 0.15) is 0 Å². The first kappa shape index (κ1) is 12.1. The number of amides is 2. The fourth-order valence-corrected chi connectivity index (χ4v) is 2.24. The zero-order valence-electron chi connectivity index (χ0n) is 9.04. The van der Waals surface area contributed by atoms with E-state index in [0.29, 0.717) is 21.3 Å². The van der Waals surface area contributed by atoms with Gasteiger partial charge in [0.05, 0.1) is 12.1 Å². The summed E-state index contributed by atoms with van der Waals surface area (Å²) in [6, 6.07) is 4.64. The Morgan fingerprint density at radius 3 is 2.24 bits per heavy atom. The van der Waals surface area contributed by atoms with E-state index in [2.05, 4.69) is 0 Å². The van der Waals surface area contributed by atoms with E-state index in [0.717, 1.165) is 4.90 Å². The maximum absolute atomic E-state index is 11.9. The van der Waals surface area contributed by atoms with E-state index < -0.39 is 0 Å². The van der Waals surface area contributed by atoms with Crippen molar-refractivity contribution in [3.8, 4) is 0 Å². The Labute approximate surface area is 109 Å². The van der Waals surface area contributed by atoms with Crippen molar-refractivity contribution >= 4 is 40.7 Å². The van der Waals surface area contributed by atoms with Crippen LogP contribution < -0.4 is 4.90 Å². The van der Waals surface area contributed by atoms with Crippen LogP contribution in [-0.2, 0) is 9.59 Å². The number of anilines is 1. The van der Waals surface area contributed by atoms with Crippen molar-refractivity contribution in [2.24, 2.45) is 0 Å². The Bertz CT molecular complexity index is 517. The Balaban J connectivity index is 2.47. The average molecular weight is 270 g/mol. The molecule has 0 atom stereocenters. The first-order valence-electron chi connectivity index (χ1n) is 5.01. The van der Waals surface area contributed by atoms with Gasteiger partial charge in [-0.3, -0.25) is 9.59 Å². The van der Waals surface area contributed by atoms with Crippen molar-refractivity contribution in [1.29, 1.82) is 0 Å². The number of imide groups is 1. The molecular weight excluding hydrogens is 261 g/mol. The minimum absolute atomic E-state index is 0.124. The molecule has 0 spiro atoms. The molecule has 1 aromatic rings. The molecule has 3 nitrogen and oxygen atoms in total. The van der Waals surface area contributed by atoms with E-state index in [9.17, 15) is 9.59 Å². The number of halogens is 2. The average Bonchev–Trinajstić information content (AvgIpc) is 2.52. The van der Waals surface area contributed by atoms with Gasteiger partial charge in [-0.2, -0.15) is 0 Å². The summed E-state index contributed by atoms with van der Waals surface area (Å²) in [6.07, 6.45) is 1.77. The molecule has 2 rings (SSSR count). The van der Waals surface area contributed by atoms with Crippen molar-refractivity contribution in [2.75, 3.05) is 4.90 Å². The van der Waals surface area contributed by atoms with Gasteiger partial charge < -0.3 is 0 Å². The quantitative estimate of drug-likeness (QED) is 0.580. The predicted molar refractivity (Wildman–Crippen MR) is 67.3 cm³/mol. The summed E-state index contributed by atoms with van der Waals surface area (Å²) in [5.41, 5.74) is 0.903. The molecule has 0 saturated carbocycles. The molecule has 0 unspecified atom stereocenters. The minimum Gasteiger partial charge on any atom is -0.274 e. The molecule has 0 radical (unpaired) electrons. The summed E-state index contributed by atoms with van der Waals surface area (Å²) in [5, 5.41) is 0.782. The van der Waals surface area contributed by atoms with E-state index in [-0.39, 0.29) is 18.2 Å². The number of hydrogen-bond donors (Lipinski definition) is 0. The molecule has 1 heterocycles. The van der Waals surface area contributed by atoms with Crippen LogP contribution in [-0.4, -0.2) is 11.8 Å². The van der Waals surface area contributed by atoms with Crippen LogP contribution in [0.15, 0.2) is 29.8 Å². The molecule has 0 aromatic heterocycles. The van der Waals surface area contributed by atoms with Gasteiger partial charge in [-0.25, -0.2) is 4.90 Å². The second-order valence-corrected chi connectivity index (χ2v) is 4.53. The first-order chi connectivity index (χ1) is 8.02. The minimum atomic E-state index is -0.309. The van der Waals surface area contributed by atoms with Gasteiger partial charge in [0, 0.05) is 15.6 Å². The van der Waals surface area contributed by atoms with Gasteiger partial charge in [-0.1, -0.05) is 29.3 Å². The molecule has 0 N–H and O–H groups in total. The number of hydrogen-bond acceptors (Lipinski definition) is 2. The van der Waals surface area contributed by atoms with Crippen LogP contribution in [0.25, 0.3) is 0 Å². The van der Waals surface area contributed by atoms with Gasteiger partial charge in [-0.15, -0.1) is 0 Å². The van der Waals surface area contributed by atoms with E-state index in [1.54, 1.807) is 31.2 Å². The number of benzene rings is 1. The largest absolute Gasteiger partial charge is 0.274 e. The standard InChI is InChI=1S/C12H9Cl2NO2/c1-2-7-3-11(16)15(12(7)17)10-5-8(13)4-9(14)6-10/h2,4-6H,3H2,1H3. The normalized spacial score (nSPS) is 18.3. The van der Waals surface area contributed by atoms with E-state index in [4.69, 9.17) is 23.2 Å². The summed E-state index contributed by atoms with van der Waals surface area (Å²) in [6.45, 7) is 1.73. The molecule has 1 fully saturated rings. The van der Waals surface area contributed by atoms with Crippen LogP contribution in [0, 0.1) is 0 Å². The number of rotatable bonds is 1. The van der Waals surface area contributed by atoms with Gasteiger partial charge in [0.15, 0.2) is 0 Å². The molecule has 0 bridgehead atoms. The molecule has 2 amide bonds. The van der Waals surface area contributed by atoms with Crippen molar-refractivity contribution in [1.82, 2.24) is 0 Å². The second kappa shape index (κ2) is 4.51. The lowest BCUT2D eigenvalue weighted by Gasteiger charge is -2.14. The number of carbonyl (C=O) groups is 2. The van der Waals surface area contributed by atoms with Crippen LogP contribution in [0.1, 0.15) is 13.3 Å². The lowest BCUT2D eigenvalue weighted by atomic mass is 10.2. The van der Waals surface area contributed by atoms with E-state index >= 15 is 0 Å². The van der Waals surface area contributed by atoms with Crippen LogP contribution >= 0.6 is 23.2 Å². The number of carbonyl (C=O) groups excluding carboxylic acids is 2. The molecule has 1 saturated heterocycles. The fraction of sp³-hybridized carbons (Fsp3) is 0.167. The second-order valence-electron chi connectivity index (χ2n) is 3.65. The van der Waals surface area contributed by atoms with Gasteiger partial charge >= 0.3 is 0 Å². The Morgan fingerprint density at radius 2 is 1.76 bits per heavy atom. The molecule has 17 heavy (non-hydrogen) atoms. The van der Waals surface area contributed by atoms with Gasteiger partial charge in [0.25, 0.3) is 5.91 Å². The Morgan fingerprint density at radius 1 is 1.18 bits per heavy atom. The smallest absolute Gasteiger partial charge is 0.261 e. The lowest BCUT2D eigenvalue weighted by molar-refractivity contribution is -0.120. The molecular formula is C12H9Cl2NO2. The molecule has 1 aliphatic heterocycles. The summed E-state index contributed by atoms with van der Waals surface area (Å²) in [7, 11) is 0. The van der Waals surface area contributed by atoms with Crippen molar-refractivity contribution in [3.05, 3.63) is 39.9 Å². The zero-order chi connectivity index (χ0) is 12.6. The number of allylic oxidation sites excluding steroid dienone is 1. The SMILES string of the molecule is CC=C1CC(=O)N(c2cc(Cl)cc(Cl)c2)C1=O. The monoisotopic (exact) mass is 269 g/mol. The highest BCUT2D eigenvalue weighted by Crippen LogP contribution is 2.30. The van der Waals surface area contributed by atoms with Gasteiger partial charge in [0.2, 0.25) is 5.91 Å². The summed E-state index contributed by atoms with van der Waals surface area (Å²) in [4.78, 5) is 24.8. The van der Waals surface area contributed by atoms with Crippen molar-refractivity contribution < 1.29 is 9.59 Å². The summed E-state index contributed by atoms with van der Waals surface area (Å²) >= 11 is 11.7. The van der Waals surface area contributed by atoms with E-state index in [1.165, 1.54) is 0 Å². The van der Waals surface area contributed by atoms with Crippen molar-refractivity contribution in [3.63, 3.8) is 0 Å². The van der Waals surface area contributed by atoms with Crippen molar-refractivity contribution in [2.45, 2.75) is 13.3 Å². The fourth-order valence-electron chi connectivity index (χ4n) is 1.73. The summed E-state index contributed by atoms with van der Waals surface area (Å²) < 4.78 is 0. The molecule has 88 valence electrons.